The van der Waals surface area contributed by atoms with Crippen molar-refractivity contribution in [2.45, 2.75) is 0 Å². The molecule has 7 heteroatoms. The van der Waals surface area contributed by atoms with Gasteiger partial charge in [0, 0.05) is 18.0 Å². The Morgan fingerprint density at radius 1 is 1.06 bits per heavy atom. The molecular formula is C10H8N6O. The molecule has 3 heterocycles. The molecule has 0 saturated heterocycles. The second-order valence-electron chi connectivity index (χ2n) is 3.47. The Kier molecular flexibility index (Phi) is 1.91. The van der Waals surface area contributed by atoms with E-state index in [1.807, 2.05) is 0 Å². The van der Waals surface area contributed by atoms with E-state index in [2.05, 4.69) is 24.9 Å². The van der Waals surface area contributed by atoms with Crippen LogP contribution in [0.25, 0.3) is 22.6 Å². The van der Waals surface area contributed by atoms with Gasteiger partial charge in [-0.3, -0.25) is 15.0 Å². The molecule has 0 unspecified atom stereocenters. The van der Waals surface area contributed by atoms with Gasteiger partial charge in [0.1, 0.15) is 5.69 Å². The summed E-state index contributed by atoms with van der Waals surface area (Å²) < 4.78 is 0. The fourth-order valence-electron chi connectivity index (χ4n) is 1.59. The molecule has 0 aliphatic heterocycles. The summed E-state index contributed by atoms with van der Waals surface area (Å²) in [5.74, 6) is 0.263. The van der Waals surface area contributed by atoms with E-state index in [0.717, 1.165) is 5.56 Å². The van der Waals surface area contributed by atoms with Crippen molar-refractivity contribution < 1.29 is 0 Å². The van der Waals surface area contributed by atoms with Crippen LogP contribution in [-0.4, -0.2) is 24.9 Å². The number of fused-ring (bicyclic) bond motifs is 1. The molecule has 0 fully saturated rings. The Bertz CT molecular complexity index is 729. The van der Waals surface area contributed by atoms with Crippen LogP contribution in [0, 0.1) is 0 Å². The van der Waals surface area contributed by atoms with Crippen molar-refractivity contribution in [3.8, 4) is 11.3 Å². The molecule has 7 nitrogen and oxygen atoms in total. The van der Waals surface area contributed by atoms with Crippen LogP contribution in [0.4, 0.5) is 5.82 Å². The third-order valence-electron chi connectivity index (χ3n) is 2.34. The number of hydrogen-bond donors (Lipinski definition) is 3. The van der Waals surface area contributed by atoms with Gasteiger partial charge in [-0.1, -0.05) is 0 Å². The second kappa shape index (κ2) is 3.41. The predicted molar refractivity (Wildman–Crippen MR) is 62.2 cm³/mol. The van der Waals surface area contributed by atoms with Crippen molar-refractivity contribution in [3.05, 3.63) is 35.0 Å². The minimum atomic E-state index is -0.355. The number of nitrogens with one attached hydrogen (secondary N) is 2. The molecule has 0 aliphatic carbocycles. The Hall–Kier alpha value is -2.70. The fourth-order valence-corrected chi connectivity index (χ4v) is 1.59. The highest BCUT2D eigenvalue weighted by atomic mass is 16.1. The van der Waals surface area contributed by atoms with E-state index in [0.29, 0.717) is 17.0 Å². The molecule has 0 bridgehead atoms. The third-order valence-corrected chi connectivity index (χ3v) is 2.34. The van der Waals surface area contributed by atoms with Crippen LogP contribution < -0.4 is 11.4 Å². The quantitative estimate of drug-likeness (QED) is 0.554. The first-order chi connectivity index (χ1) is 8.24. The number of H-pyrrole nitrogens is 2. The van der Waals surface area contributed by atoms with Crippen LogP contribution >= 0.6 is 0 Å². The summed E-state index contributed by atoms with van der Waals surface area (Å²) in [6.45, 7) is 0. The van der Waals surface area contributed by atoms with Gasteiger partial charge in [-0.2, -0.15) is 0 Å². The number of aromatic nitrogens is 5. The first-order valence-electron chi connectivity index (χ1n) is 4.90. The average molecular weight is 228 g/mol. The van der Waals surface area contributed by atoms with Crippen LogP contribution in [0.1, 0.15) is 0 Å². The van der Waals surface area contributed by atoms with Crippen LogP contribution in [0.3, 0.4) is 0 Å². The average Bonchev–Trinajstić information content (AvgIpc) is 2.68. The molecule has 84 valence electrons. The summed E-state index contributed by atoms with van der Waals surface area (Å²) in [4.78, 5) is 28.4. The van der Waals surface area contributed by atoms with Crippen LogP contribution in [0.5, 0.6) is 0 Å². The van der Waals surface area contributed by atoms with E-state index in [4.69, 9.17) is 5.73 Å². The Balaban J connectivity index is 2.30. The molecule has 0 aliphatic rings. The van der Waals surface area contributed by atoms with E-state index in [-0.39, 0.29) is 11.5 Å². The van der Waals surface area contributed by atoms with Gasteiger partial charge in [0.15, 0.2) is 17.1 Å². The molecule has 3 aromatic rings. The maximum atomic E-state index is 11.1. The van der Waals surface area contributed by atoms with Gasteiger partial charge < -0.3 is 5.73 Å². The van der Waals surface area contributed by atoms with Crippen molar-refractivity contribution >= 4 is 17.1 Å². The fraction of sp³-hybridized carbons (Fsp3) is 0. The molecule has 0 saturated carbocycles. The molecule has 3 rings (SSSR count). The van der Waals surface area contributed by atoms with Gasteiger partial charge >= 0.3 is 5.69 Å². The number of aromatic amines is 2. The lowest BCUT2D eigenvalue weighted by Crippen LogP contribution is -1.99. The largest absolute Gasteiger partial charge is 0.382 e. The van der Waals surface area contributed by atoms with Gasteiger partial charge in [0.25, 0.3) is 0 Å². The molecule has 4 N–H and O–H groups in total. The summed E-state index contributed by atoms with van der Waals surface area (Å²) in [6, 6.07) is 3.55. The molecule has 3 aromatic heterocycles. The minimum absolute atomic E-state index is 0.263. The normalized spacial score (nSPS) is 10.8. The third kappa shape index (κ3) is 1.53. The van der Waals surface area contributed by atoms with Gasteiger partial charge in [-0.15, -0.1) is 0 Å². The van der Waals surface area contributed by atoms with Crippen molar-refractivity contribution in [2.24, 2.45) is 0 Å². The summed E-state index contributed by atoms with van der Waals surface area (Å²) in [5.41, 5.74) is 7.50. The highest BCUT2D eigenvalue weighted by molar-refractivity contribution is 5.77. The van der Waals surface area contributed by atoms with Crippen molar-refractivity contribution in [3.63, 3.8) is 0 Å². The molecular weight excluding hydrogens is 220 g/mol. The van der Waals surface area contributed by atoms with Crippen LogP contribution in [0.15, 0.2) is 29.3 Å². The lowest BCUT2D eigenvalue weighted by Gasteiger charge is -2.02. The first-order valence-corrected chi connectivity index (χ1v) is 4.90. The number of nitrogens with zero attached hydrogens (tertiary/aromatic N) is 3. The molecule has 0 spiro atoms. The lowest BCUT2D eigenvalue weighted by atomic mass is 10.2. The molecule has 0 aromatic carbocycles. The highest BCUT2D eigenvalue weighted by Crippen LogP contribution is 2.22. The minimum Gasteiger partial charge on any atom is -0.382 e. The van der Waals surface area contributed by atoms with E-state index in [9.17, 15) is 4.79 Å². The zero-order valence-electron chi connectivity index (χ0n) is 8.64. The zero-order valence-corrected chi connectivity index (χ0v) is 8.64. The maximum Gasteiger partial charge on any atom is 0.326 e. The topological polar surface area (TPSA) is 113 Å². The van der Waals surface area contributed by atoms with E-state index in [1.165, 1.54) is 0 Å². The maximum absolute atomic E-state index is 11.1. The number of nitrogens with two attached hydrogens (primary N) is 1. The summed E-state index contributed by atoms with van der Waals surface area (Å²) in [7, 11) is 0. The SMILES string of the molecule is Nc1nc2[nH]c(=O)[nH]c2nc1-c1ccncc1. The van der Waals surface area contributed by atoms with Crippen molar-refractivity contribution in [1.82, 2.24) is 24.9 Å². The smallest absolute Gasteiger partial charge is 0.326 e. The van der Waals surface area contributed by atoms with Crippen molar-refractivity contribution in [1.29, 1.82) is 0 Å². The Labute approximate surface area is 94.8 Å². The van der Waals surface area contributed by atoms with Gasteiger partial charge in [-0.05, 0) is 12.1 Å². The number of rotatable bonds is 1. The van der Waals surface area contributed by atoms with Gasteiger partial charge in [0.05, 0.1) is 0 Å². The standard InChI is InChI=1S/C10H8N6O/c11-7-6(5-1-3-12-4-2-5)13-8-9(14-7)16-10(17)15-8/h1-4H,(H4,11,13,14,15,16,17). The number of hydrogen-bond acceptors (Lipinski definition) is 5. The molecule has 17 heavy (non-hydrogen) atoms. The number of anilines is 1. The molecule has 0 amide bonds. The monoisotopic (exact) mass is 228 g/mol. The van der Waals surface area contributed by atoms with Crippen LogP contribution in [0.2, 0.25) is 0 Å². The van der Waals surface area contributed by atoms with E-state index >= 15 is 0 Å². The predicted octanol–water partition coefficient (Wildman–Crippen LogP) is 0.290. The number of nitrogen functional groups attached to an aromatic ring is 1. The molecule has 0 atom stereocenters. The number of pyridine rings is 1. The number of imidazole rings is 1. The summed E-state index contributed by atoms with van der Waals surface area (Å²) >= 11 is 0. The summed E-state index contributed by atoms with van der Waals surface area (Å²) in [5, 5.41) is 0. The Morgan fingerprint density at radius 3 is 2.41 bits per heavy atom. The lowest BCUT2D eigenvalue weighted by molar-refractivity contribution is 1.20. The second-order valence-corrected chi connectivity index (χ2v) is 3.47. The van der Waals surface area contributed by atoms with Crippen LogP contribution in [-0.2, 0) is 0 Å². The molecule has 0 radical (unpaired) electrons. The zero-order chi connectivity index (χ0) is 11.8. The van der Waals surface area contributed by atoms with E-state index in [1.54, 1.807) is 24.5 Å². The highest BCUT2D eigenvalue weighted by Gasteiger charge is 2.09. The van der Waals surface area contributed by atoms with E-state index < -0.39 is 0 Å². The Morgan fingerprint density at radius 2 is 1.71 bits per heavy atom. The van der Waals surface area contributed by atoms with Gasteiger partial charge in [0.2, 0.25) is 0 Å². The first kappa shape index (κ1) is 9.52. The van der Waals surface area contributed by atoms with Gasteiger partial charge in [-0.25, -0.2) is 14.8 Å². The summed E-state index contributed by atoms with van der Waals surface area (Å²) in [6.07, 6.45) is 3.28. The van der Waals surface area contributed by atoms with Crippen molar-refractivity contribution in [2.75, 3.05) is 5.73 Å².